The van der Waals surface area contributed by atoms with Gasteiger partial charge in [0.05, 0.1) is 16.5 Å². The van der Waals surface area contributed by atoms with Crippen LogP contribution in [0.5, 0.6) is 11.5 Å². The molecule has 9 nitrogen and oxygen atoms in total. The van der Waals surface area contributed by atoms with E-state index in [1.807, 2.05) is 24.3 Å². The van der Waals surface area contributed by atoms with E-state index in [0.29, 0.717) is 47.4 Å². The molecule has 0 unspecified atom stereocenters. The third-order valence-corrected chi connectivity index (χ3v) is 10.5. The molecule has 1 N–H and O–H groups in total. The molecule has 51 heavy (non-hydrogen) atoms. The molecule has 0 atom stereocenters. The molecular weight excluding hydrogens is 664 g/mol. The minimum absolute atomic E-state index is 0.141. The number of rotatable bonds is 11. The number of carboxylic acid groups (broad SMARTS) is 1. The van der Waals surface area contributed by atoms with E-state index in [0.717, 1.165) is 77.0 Å². The number of likely N-dealkylation sites (tertiary alicyclic amines) is 1. The van der Waals surface area contributed by atoms with Crippen LogP contribution in [0.2, 0.25) is 5.02 Å². The fourth-order valence-corrected chi connectivity index (χ4v) is 7.52. The maximum Gasteiger partial charge on any atom is 0.306 e. The van der Waals surface area contributed by atoms with Crippen LogP contribution < -0.4 is 9.47 Å². The lowest BCUT2D eigenvalue weighted by Gasteiger charge is -2.27. The summed E-state index contributed by atoms with van der Waals surface area (Å²) in [6.07, 6.45) is 9.70. The zero-order valence-electron chi connectivity index (χ0n) is 28.7. The van der Waals surface area contributed by atoms with E-state index < -0.39 is 5.97 Å². The Morgan fingerprint density at radius 3 is 2.57 bits per heavy atom. The molecule has 1 aliphatic carbocycles. The number of benzene rings is 3. The van der Waals surface area contributed by atoms with E-state index in [4.69, 9.17) is 30.5 Å². The molecule has 7 rings (SSSR count). The summed E-state index contributed by atoms with van der Waals surface area (Å²) in [7, 11) is 0. The zero-order chi connectivity index (χ0) is 35.3. The molecule has 2 fully saturated rings. The molecule has 0 radical (unpaired) electrons. The number of carboxylic acids is 1. The molecule has 0 bridgehead atoms. The smallest absolute Gasteiger partial charge is 0.306 e. The van der Waals surface area contributed by atoms with E-state index >= 15 is 0 Å². The normalized spacial score (nSPS) is 18.0. The van der Waals surface area contributed by atoms with Crippen LogP contribution in [-0.4, -0.2) is 39.0 Å². The lowest BCUT2D eigenvalue weighted by atomic mass is 9.82. The molecule has 3 heterocycles. The second-order valence-electron chi connectivity index (χ2n) is 13.7. The first-order chi connectivity index (χ1) is 24.8. The highest BCUT2D eigenvalue weighted by Gasteiger charge is 2.29. The van der Waals surface area contributed by atoms with Gasteiger partial charge in [0.2, 0.25) is 0 Å². The van der Waals surface area contributed by atoms with E-state index in [9.17, 15) is 15.2 Å². The number of piperidine rings is 1. The number of nitrogens with zero attached hydrogens (tertiary/aromatic N) is 4. The molecule has 1 saturated heterocycles. The lowest BCUT2D eigenvalue weighted by molar-refractivity contribution is -0.142. The Morgan fingerprint density at radius 1 is 0.980 bits per heavy atom. The molecule has 262 valence electrons. The fourth-order valence-electron chi connectivity index (χ4n) is 7.27. The number of fused-ring (bicyclic) bond motifs is 1. The number of aromatic nitrogens is 2. The molecule has 2 aromatic heterocycles. The molecule has 0 spiro atoms. The van der Waals surface area contributed by atoms with Gasteiger partial charge in [0.1, 0.15) is 36.3 Å². The molecule has 0 amide bonds. The highest BCUT2D eigenvalue weighted by Crippen LogP contribution is 2.39. The quantitative estimate of drug-likeness (QED) is 0.143. The van der Waals surface area contributed by atoms with Gasteiger partial charge in [0, 0.05) is 42.0 Å². The number of hydrogen-bond donors (Lipinski definition) is 1. The summed E-state index contributed by atoms with van der Waals surface area (Å²) >= 11 is 6.86. The predicted octanol–water partition coefficient (Wildman–Crippen LogP) is 9.23. The number of pyridine rings is 1. The molecule has 1 saturated carbocycles. The summed E-state index contributed by atoms with van der Waals surface area (Å²) in [6, 6.07) is 20.0. The van der Waals surface area contributed by atoms with Crippen molar-refractivity contribution in [3.8, 4) is 28.7 Å². The zero-order valence-corrected chi connectivity index (χ0v) is 29.5. The Morgan fingerprint density at radius 2 is 1.78 bits per heavy atom. The number of halogens is 1. The average molecular weight is 705 g/mol. The van der Waals surface area contributed by atoms with Crippen LogP contribution in [0.3, 0.4) is 0 Å². The fraction of sp³-hybridized carbons (Fsp3) is 0.366. The van der Waals surface area contributed by atoms with Gasteiger partial charge < -0.3 is 19.0 Å². The van der Waals surface area contributed by atoms with Gasteiger partial charge in [-0.1, -0.05) is 42.3 Å². The molecule has 10 heteroatoms. The van der Waals surface area contributed by atoms with Crippen molar-refractivity contribution in [1.29, 1.82) is 5.26 Å². The van der Waals surface area contributed by atoms with Crippen LogP contribution in [0.4, 0.5) is 0 Å². The Kier molecular flexibility index (Phi) is 10.5. The first kappa shape index (κ1) is 34.5. The molecule has 1 aliphatic heterocycles. The van der Waals surface area contributed by atoms with Gasteiger partial charge >= 0.3 is 5.97 Å². The van der Waals surface area contributed by atoms with Gasteiger partial charge in [0.25, 0.3) is 0 Å². The Hall–Kier alpha value is -4.91. The Labute approximate surface area is 302 Å². The third kappa shape index (κ3) is 8.03. The number of hydrogen-bond acceptors (Lipinski definition) is 8. The van der Waals surface area contributed by atoms with Crippen molar-refractivity contribution >= 4 is 28.7 Å². The second-order valence-corrected chi connectivity index (χ2v) is 14.1. The lowest BCUT2D eigenvalue weighted by Crippen LogP contribution is -2.29. The summed E-state index contributed by atoms with van der Waals surface area (Å²) in [4.78, 5) is 22.8. The third-order valence-electron chi connectivity index (χ3n) is 10.2. The maximum absolute atomic E-state index is 11.4. The van der Waals surface area contributed by atoms with Crippen molar-refractivity contribution in [3.05, 3.63) is 106 Å². The van der Waals surface area contributed by atoms with Gasteiger partial charge in [-0.3, -0.25) is 14.7 Å². The summed E-state index contributed by atoms with van der Waals surface area (Å²) in [5, 5.41) is 19.2. The Balaban J connectivity index is 1.09. The van der Waals surface area contributed by atoms with Crippen LogP contribution in [-0.2, 0) is 24.6 Å². The van der Waals surface area contributed by atoms with Crippen molar-refractivity contribution in [2.45, 2.75) is 77.5 Å². The molecule has 5 aromatic rings. The minimum atomic E-state index is -0.713. The van der Waals surface area contributed by atoms with Gasteiger partial charge in [-0.05, 0) is 105 Å². The monoisotopic (exact) mass is 704 g/mol. The number of oxazole rings is 1. The summed E-state index contributed by atoms with van der Waals surface area (Å²) in [5.41, 5.74) is 8.05. The van der Waals surface area contributed by atoms with Gasteiger partial charge in [-0.2, -0.15) is 5.26 Å². The van der Waals surface area contributed by atoms with Crippen molar-refractivity contribution in [1.82, 2.24) is 14.9 Å². The Bertz CT molecular complexity index is 2070. The van der Waals surface area contributed by atoms with Crippen LogP contribution in [0, 0.1) is 24.2 Å². The second kappa shape index (κ2) is 15.5. The van der Waals surface area contributed by atoms with Crippen molar-refractivity contribution in [2.24, 2.45) is 5.92 Å². The van der Waals surface area contributed by atoms with E-state index in [1.54, 1.807) is 12.3 Å². The highest BCUT2D eigenvalue weighted by molar-refractivity contribution is 6.32. The summed E-state index contributed by atoms with van der Waals surface area (Å²) in [6.45, 7) is 5.48. The topological polar surface area (TPSA) is 122 Å². The van der Waals surface area contributed by atoms with Crippen LogP contribution in [0.15, 0.2) is 71.4 Å². The van der Waals surface area contributed by atoms with E-state index in [-0.39, 0.29) is 18.4 Å². The van der Waals surface area contributed by atoms with E-state index in [2.05, 4.69) is 47.1 Å². The van der Waals surface area contributed by atoms with Gasteiger partial charge in [0.15, 0.2) is 11.5 Å². The SMILES string of the molecule is Cc1c(COc2cc(OCc3cncc(C#N)c3)c(CN3CCCCC3)cc2Cl)cccc1-c1ccc2oc(C3CCC(C(=O)O)CC3)nc2c1. The minimum Gasteiger partial charge on any atom is -0.488 e. The number of nitriles is 1. The summed E-state index contributed by atoms with van der Waals surface area (Å²) in [5.74, 6) is 1.08. The number of ether oxygens (including phenoxy) is 2. The number of aliphatic carboxylic acids is 1. The average Bonchev–Trinajstić information content (AvgIpc) is 3.59. The van der Waals surface area contributed by atoms with Crippen molar-refractivity contribution in [3.63, 3.8) is 0 Å². The largest absolute Gasteiger partial charge is 0.488 e. The standard InChI is InChI=1S/C41H41ClN4O5/c1-26-32(6-5-7-34(26)31-12-13-37-36(18-31)45-40(51-37)29-8-10-30(11-9-29)41(47)48)25-50-39-19-38(49-24-28-16-27(20-43)21-44-22-28)33(17-35(39)42)23-46-14-3-2-4-15-46/h5-7,12-13,16-19,21-22,29-30H,2-4,8-11,14-15,23-25H2,1H3,(H,47,48). The van der Waals surface area contributed by atoms with Crippen LogP contribution in [0.1, 0.15) is 84.6 Å². The van der Waals surface area contributed by atoms with Gasteiger partial charge in [-0.15, -0.1) is 0 Å². The van der Waals surface area contributed by atoms with Crippen LogP contribution in [0.25, 0.3) is 22.2 Å². The molecule has 3 aromatic carbocycles. The van der Waals surface area contributed by atoms with Crippen molar-refractivity contribution in [2.75, 3.05) is 13.1 Å². The van der Waals surface area contributed by atoms with Crippen LogP contribution >= 0.6 is 11.6 Å². The summed E-state index contributed by atoms with van der Waals surface area (Å²) < 4.78 is 18.9. The number of carbonyl (C=O) groups is 1. The van der Waals surface area contributed by atoms with E-state index in [1.165, 1.54) is 25.5 Å². The predicted molar refractivity (Wildman–Crippen MR) is 195 cm³/mol. The first-order valence-electron chi connectivity index (χ1n) is 17.7. The van der Waals surface area contributed by atoms with Crippen molar-refractivity contribution < 1.29 is 23.8 Å². The highest BCUT2D eigenvalue weighted by atomic mass is 35.5. The molecule has 2 aliphatic rings. The first-order valence-corrected chi connectivity index (χ1v) is 18.1. The molecular formula is C41H41ClN4O5. The van der Waals surface area contributed by atoms with Gasteiger partial charge in [-0.25, -0.2) is 4.98 Å². The maximum atomic E-state index is 11.4.